The normalized spacial score (nSPS) is 15.6. The summed E-state index contributed by atoms with van der Waals surface area (Å²) in [5.74, 6) is 0.292. The first-order valence-electron chi connectivity index (χ1n) is 4.46. The Morgan fingerprint density at radius 3 is 2.92 bits per heavy atom. The number of thiazole rings is 1. The van der Waals surface area contributed by atoms with Gasteiger partial charge in [-0.1, -0.05) is 6.92 Å². The van der Waals surface area contributed by atoms with Gasteiger partial charge in [-0.25, -0.2) is 4.98 Å². The zero-order valence-corrected chi connectivity index (χ0v) is 8.84. The lowest BCUT2D eigenvalue weighted by atomic mass is 10.1. The van der Waals surface area contributed by atoms with E-state index in [-0.39, 0.29) is 6.61 Å². The molecule has 0 radical (unpaired) electrons. The minimum Gasteiger partial charge on any atom is -0.396 e. The van der Waals surface area contributed by atoms with Crippen molar-refractivity contribution >= 4 is 11.3 Å². The van der Waals surface area contributed by atoms with Crippen molar-refractivity contribution in [2.24, 2.45) is 5.92 Å². The van der Waals surface area contributed by atoms with Crippen LogP contribution < -0.4 is 5.32 Å². The van der Waals surface area contributed by atoms with Crippen LogP contribution in [0.25, 0.3) is 0 Å². The van der Waals surface area contributed by atoms with Gasteiger partial charge in [-0.3, -0.25) is 0 Å². The second-order valence-corrected chi connectivity index (χ2v) is 4.23. The second kappa shape index (κ2) is 5.32. The molecule has 0 aliphatic rings. The number of nitrogens with one attached hydrogen (secondary N) is 1. The van der Waals surface area contributed by atoms with Gasteiger partial charge >= 0.3 is 0 Å². The highest BCUT2D eigenvalue weighted by atomic mass is 32.1. The van der Waals surface area contributed by atoms with Gasteiger partial charge in [0.1, 0.15) is 5.01 Å². The third-order valence-electron chi connectivity index (χ3n) is 2.20. The maximum absolute atomic E-state index is 8.91. The molecule has 74 valence electrons. The van der Waals surface area contributed by atoms with E-state index in [1.165, 1.54) is 0 Å². The maximum Gasteiger partial charge on any atom is 0.106 e. The lowest BCUT2D eigenvalue weighted by molar-refractivity contribution is 0.207. The highest BCUT2D eigenvalue weighted by Crippen LogP contribution is 2.06. The number of hydrogen-bond donors (Lipinski definition) is 2. The van der Waals surface area contributed by atoms with Gasteiger partial charge in [-0.15, -0.1) is 11.3 Å². The standard InChI is InChI=1S/C9H16N2OS/c1-7(6-12)8(2)11-5-9-10-3-4-13-9/h3-4,7-8,11-12H,5-6H2,1-2H3. The lowest BCUT2D eigenvalue weighted by Crippen LogP contribution is -2.33. The molecule has 0 aromatic carbocycles. The first-order chi connectivity index (χ1) is 6.24. The van der Waals surface area contributed by atoms with Crippen LogP contribution in [0.4, 0.5) is 0 Å². The molecule has 0 aliphatic heterocycles. The molecule has 0 amide bonds. The number of aliphatic hydroxyl groups is 1. The monoisotopic (exact) mass is 200 g/mol. The summed E-state index contributed by atoms with van der Waals surface area (Å²) in [4.78, 5) is 4.17. The fraction of sp³-hybridized carbons (Fsp3) is 0.667. The molecule has 0 aliphatic carbocycles. The Bertz CT molecular complexity index is 226. The number of aromatic nitrogens is 1. The second-order valence-electron chi connectivity index (χ2n) is 3.26. The van der Waals surface area contributed by atoms with Crippen molar-refractivity contribution in [2.45, 2.75) is 26.4 Å². The Labute approximate surface area is 82.8 Å². The van der Waals surface area contributed by atoms with Crippen LogP contribution in [-0.2, 0) is 6.54 Å². The smallest absolute Gasteiger partial charge is 0.106 e. The Morgan fingerprint density at radius 1 is 1.62 bits per heavy atom. The summed E-state index contributed by atoms with van der Waals surface area (Å²) in [6.45, 7) is 5.13. The Hall–Kier alpha value is -0.450. The van der Waals surface area contributed by atoms with Gasteiger partial charge in [-0.05, 0) is 12.8 Å². The van der Waals surface area contributed by atoms with E-state index in [9.17, 15) is 0 Å². The maximum atomic E-state index is 8.91. The van der Waals surface area contributed by atoms with Crippen LogP contribution in [0.2, 0.25) is 0 Å². The summed E-state index contributed by atoms with van der Waals surface area (Å²) in [5.41, 5.74) is 0. The van der Waals surface area contributed by atoms with Gasteiger partial charge in [0.15, 0.2) is 0 Å². The van der Waals surface area contributed by atoms with Crippen LogP contribution in [-0.4, -0.2) is 22.7 Å². The van der Waals surface area contributed by atoms with Crippen LogP contribution in [0.5, 0.6) is 0 Å². The largest absolute Gasteiger partial charge is 0.396 e. The topological polar surface area (TPSA) is 45.1 Å². The summed E-state index contributed by atoms with van der Waals surface area (Å²) in [6, 6.07) is 0.328. The summed E-state index contributed by atoms with van der Waals surface area (Å²) in [6.07, 6.45) is 1.81. The minimum absolute atomic E-state index is 0.228. The van der Waals surface area contributed by atoms with Crippen LogP contribution in [0, 0.1) is 5.92 Å². The highest BCUT2D eigenvalue weighted by Gasteiger charge is 2.10. The van der Waals surface area contributed by atoms with E-state index in [1.807, 2.05) is 18.5 Å². The molecule has 2 N–H and O–H groups in total. The first kappa shape index (κ1) is 10.6. The van der Waals surface area contributed by atoms with E-state index < -0.39 is 0 Å². The molecular formula is C9H16N2OS. The molecule has 2 atom stereocenters. The van der Waals surface area contributed by atoms with E-state index in [2.05, 4.69) is 17.2 Å². The zero-order valence-electron chi connectivity index (χ0n) is 8.03. The van der Waals surface area contributed by atoms with E-state index in [0.29, 0.717) is 12.0 Å². The van der Waals surface area contributed by atoms with Crippen LogP contribution in [0.1, 0.15) is 18.9 Å². The molecule has 0 fully saturated rings. The molecule has 0 saturated heterocycles. The predicted molar refractivity (Wildman–Crippen MR) is 54.7 cm³/mol. The van der Waals surface area contributed by atoms with E-state index >= 15 is 0 Å². The predicted octanol–water partition coefficient (Wildman–Crippen LogP) is 1.25. The van der Waals surface area contributed by atoms with Gasteiger partial charge < -0.3 is 10.4 Å². The van der Waals surface area contributed by atoms with E-state index in [0.717, 1.165) is 11.6 Å². The summed E-state index contributed by atoms with van der Waals surface area (Å²) in [7, 11) is 0. The average molecular weight is 200 g/mol. The summed E-state index contributed by atoms with van der Waals surface area (Å²) in [5, 5.41) is 15.3. The van der Waals surface area contributed by atoms with Crippen LogP contribution in [0.3, 0.4) is 0 Å². The molecular weight excluding hydrogens is 184 g/mol. The van der Waals surface area contributed by atoms with Gasteiger partial charge in [0.2, 0.25) is 0 Å². The van der Waals surface area contributed by atoms with E-state index in [1.54, 1.807) is 11.3 Å². The molecule has 0 bridgehead atoms. The van der Waals surface area contributed by atoms with E-state index in [4.69, 9.17) is 5.11 Å². The van der Waals surface area contributed by atoms with Crippen molar-refractivity contribution in [3.8, 4) is 0 Å². The molecule has 1 rings (SSSR count). The molecule has 1 heterocycles. The Morgan fingerprint density at radius 2 is 2.38 bits per heavy atom. The van der Waals surface area contributed by atoms with Gasteiger partial charge in [0.25, 0.3) is 0 Å². The molecule has 0 saturated carbocycles. The van der Waals surface area contributed by atoms with Gasteiger partial charge in [0, 0.05) is 30.8 Å². The molecule has 4 heteroatoms. The Kier molecular flexibility index (Phi) is 4.35. The molecule has 13 heavy (non-hydrogen) atoms. The quantitative estimate of drug-likeness (QED) is 0.752. The summed E-state index contributed by atoms with van der Waals surface area (Å²) >= 11 is 1.65. The van der Waals surface area contributed by atoms with Crippen molar-refractivity contribution in [3.05, 3.63) is 16.6 Å². The van der Waals surface area contributed by atoms with Crippen molar-refractivity contribution in [3.63, 3.8) is 0 Å². The lowest BCUT2D eigenvalue weighted by Gasteiger charge is -2.18. The number of aliphatic hydroxyl groups excluding tert-OH is 1. The third kappa shape index (κ3) is 3.42. The number of hydrogen-bond acceptors (Lipinski definition) is 4. The number of nitrogens with zero attached hydrogens (tertiary/aromatic N) is 1. The number of rotatable bonds is 5. The molecule has 1 aromatic heterocycles. The zero-order chi connectivity index (χ0) is 9.68. The average Bonchev–Trinajstić information content (AvgIpc) is 2.65. The van der Waals surface area contributed by atoms with Gasteiger partial charge in [0.05, 0.1) is 0 Å². The molecule has 1 aromatic rings. The third-order valence-corrected chi connectivity index (χ3v) is 2.98. The first-order valence-corrected chi connectivity index (χ1v) is 5.34. The van der Waals surface area contributed by atoms with Crippen molar-refractivity contribution in [2.75, 3.05) is 6.61 Å². The van der Waals surface area contributed by atoms with Crippen molar-refractivity contribution in [1.29, 1.82) is 0 Å². The van der Waals surface area contributed by atoms with Crippen molar-refractivity contribution in [1.82, 2.24) is 10.3 Å². The summed E-state index contributed by atoms with van der Waals surface area (Å²) < 4.78 is 0. The van der Waals surface area contributed by atoms with Crippen molar-refractivity contribution < 1.29 is 5.11 Å². The van der Waals surface area contributed by atoms with Crippen LogP contribution in [0.15, 0.2) is 11.6 Å². The molecule has 3 nitrogen and oxygen atoms in total. The fourth-order valence-electron chi connectivity index (χ4n) is 0.948. The minimum atomic E-state index is 0.228. The van der Waals surface area contributed by atoms with Crippen LogP contribution >= 0.6 is 11.3 Å². The van der Waals surface area contributed by atoms with Gasteiger partial charge in [-0.2, -0.15) is 0 Å². The fourth-order valence-corrected chi connectivity index (χ4v) is 1.52. The molecule has 0 spiro atoms. The Balaban J connectivity index is 2.26. The SMILES string of the molecule is CC(CO)C(C)NCc1nccs1. The highest BCUT2D eigenvalue weighted by molar-refractivity contribution is 7.09. The molecule has 2 unspecified atom stereocenters.